The van der Waals surface area contributed by atoms with E-state index in [1.54, 1.807) is 12.1 Å². The van der Waals surface area contributed by atoms with E-state index in [1.165, 1.54) is 11.3 Å². The third-order valence-corrected chi connectivity index (χ3v) is 5.03. The van der Waals surface area contributed by atoms with Gasteiger partial charge in [-0.3, -0.25) is 0 Å². The second-order valence-electron chi connectivity index (χ2n) is 5.67. The number of halogens is 1. The standard InChI is InChI=1S/C17H19ClN4O2S/c1-10(19-3)8-14-21-17(24-22-14)16-11(2)20-15(25-16)9-23-13-6-4-12(18)5-7-13/h4-7,10,19H,8-9H2,1-3H3. The molecule has 0 aliphatic heterocycles. The molecular weight excluding hydrogens is 360 g/mol. The molecule has 2 heterocycles. The van der Waals surface area contributed by atoms with Crippen molar-refractivity contribution in [2.24, 2.45) is 0 Å². The van der Waals surface area contributed by atoms with Crippen LogP contribution in [0, 0.1) is 6.92 Å². The fourth-order valence-corrected chi connectivity index (χ4v) is 3.22. The second-order valence-corrected chi connectivity index (χ2v) is 7.19. The van der Waals surface area contributed by atoms with Crippen molar-refractivity contribution in [1.29, 1.82) is 0 Å². The largest absolute Gasteiger partial charge is 0.486 e. The third kappa shape index (κ3) is 4.56. The molecular formula is C17H19ClN4O2S. The monoisotopic (exact) mass is 378 g/mol. The summed E-state index contributed by atoms with van der Waals surface area (Å²) in [5, 5.41) is 8.73. The number of ether oxygens (including phenoxy) is 1. The van der Waals surface area contributed by atoms with Gasteiger partial charge in [-0.05, 0) is 45.2 Å². The number of benzene rings is 1. The molecule has 3 aromatic rings. The lowest BCUT2D eigenvalue weighted by Crippen LogP contribution is -2.24. The number of thiazole rings is 1. The van der Waals surface area contributed by atoms with E-state index in [2.05, 4.69) is 27.4 Å². The van der Waals surface area contributed by atoms with Crippen molar-refractivity contribution < 1.29 is 9.26 Å². The number of nitrogens with zero attached hydrogens (tertiary/aromatic N) is 3. The molecule has 0 aliphatic rings. The van der Waals surface area contributed by atoms with E-state index in [0.717, 1.165) is 21.3 Å². The maximum atomic E-state index is 5.87. The first kappa shape index (κ1) is 17.8. The van der Waals surface area contributed by atoms with E-state index in [0.29, 0.717) is 29.8 Å². The van der Waals surface area contributed by atoms with Gasteiger partial charge in [-0.25, -0.2) is 4.98 Å². The minimum absolute atomic E-state index is 0.288. The highest BCUT2D eigenvalue weighted by Gasteiger charge is 2.17. The van der Waals surface area contributed by atoms with Gasteiger partial charge in [0.2, 0.25) is 0 Å². The molecule has 6 nitrogen and oxygen atoms in total. The van der Waals surface area contributed by atoms with E-state index >= 15 is 0 Å². The minimum Gasteiger partial charge on any atom is -0.486 e. The molecule has 2 aromatic heterocycles. The number of rotatable bonds is 7. The predicted octanol–water partition coefficient (Wildman–Crippen LogP) is 3.88. The molecule has 1 aromatic carbocycles. The number of aryl methyl sites for hydroxylation is 1. The Kier molecular flexibility index (Phi) is 5.67. The average Bonchev–Trinajstić information content (AvgIpc) is 3.20. The maximum Gasteiger partial charge on any atom is 0.269 e. The first-order valence-corrected chi connectivity index (χ1v) is 9.09. The van der Waals surface area contributed by atoms with Gasteiger partial charge in [0.15, 0.2) is 5.82 Å². The Morgan fingerprint density at radius 2 is 2.04 bits per heavy atom. The molecule has 0 saturated heterocycles. The molecule has 132 valence electrons. The molecule has 0 radical (unpaired) electrons. The molecule has 1 atom stereocenters. The highest BCUT2D eigenvalue weighted by Crippen LogP contribution is 2.29. The molecule has 0 aliphatic carbocycles. The van der Waals surface area contributed by atoms with Crippen LogP contribution < -0.4 is 10.1 Å². The van der Waals surface area contributed by atoms with Gasteiger partial charge in [0.05, 0.1) is 5.69 Å². The van der Waals surface area contributed by atoms with Crippen LogP contribution in [0.4, 0.5) is 0 Å². The SMILES string of the molecule is CNC(C)Cc1noc(-c2sc(COc3ccc(Cl)cc3)nc2C)n1. The van der Waals surface area contributed by atoms with Crippen molar-refractivity contribution in [3.05, 3.63) is 45.8 Å². The van der Waals surface area contributed by atoms with Crippen LogP contribution in [0.1, 0.15) is 23.4 Å². The van der Waals surface area contributed by atoms with Gasteiger partial charge in [-0.1, -0.05) is 16.8 Å². The topological polar surface area (TPSA) is 73.1 Å². The fraction of sp³-hybridized carbons (Fsp3) is 0.353. The molecule has 0 bridgehead atoms. The lowest BCUT2D eigenvalue weighted by Gasteiger charge is -2.04. The summed E-state index contributed by atoms with van der Waals surface area (Å²) in [7, 11) is 1.91. The highest BCUT2D eigenvalue weighted by atomic mass is 35.5. The fourth-order valence-electron chi connectivity index (χ4n) is 2.19. The van der Waals surface area contributed by atoms with Gasteiger partial charge in [0.1, 0.15) is 22.2 Å². The average molecular weight is 379 g/mol. The zero-order valence-electron chi connectivity index (χ0n) is 14.2. The molecule has 0 amide bonds. The normalized spacial score (nSPS) is 12.3. The van der Waals surface area contributed by atoms with Crippen LogP contribution in [0.2, 0.25) is 5.02 Å². The zero-order valence-corrected chi connectivity index (χ0v) is 15.8. The molecule has 1 unspecified atom stereocenters. The molecule has 8 heteroatoms. The Bertz CT molecular complexity index is 832. The lowest BCUT2D eigenvalue weighted by atomic mass is 10.2. The molecule has 25 heavy (non-hydrogen) atoms. The summed E-state index contributed by atoms with van der Waals surface area (Å²) in [5.74, 6) is 1.94. The van der Waals surface area contributed by atoms with Gasteiger partial charge in [0, 0.05) is 17.5 Å². The Morgan fingerprint density at radius 3 is 2.76 bits per heavy atom. The minimum atomic E-state index is 0.288. The zero-order chi connectivity index (χ0) is 17.8. The molecule has 1 N–H and O–H groups in total. The van der Waals surface area contributed by atoms with E-state index in [9.17, 15) is 0 Å². The Labute approximate surface area is 155 Å². The molecule has 0 spiro atoms. The lowest BCUT2D eigenvalue weighted by molar-refractivity contribution is 0.305. The van der Waals surface area contributed by atoms with Crippen molar-refractivity contribution in [1.82, 2.24) is 20.4 Å². The first-order chi connectivity index (χ1) is 12.0. The van der Waals surface area contributed by atoms with Crippen molar-refractivity contribution in [3.8, 4) is 16.5 Å². The molecule has 3 rings (SSSR count). The summed E-state index contributed by atoms with van der Waals surface area (Å²) in [4.78, 5) is 9.88. The summed E-state index contributed by atoms with van der Waals surface area (Å²) < 4.78 is 11.1. The maximum absolute atomic E-state index is 5.87. The number of nitrogens with one attached hydrogen (secondary N) is 1. The Hall–Kier alpha value is -1.96. The third-order valence-electron chi connectivity index (χ3n) is 3.66. The summed E-state index contributed by atoms with van der Waals surface area (Å²) in [6.07, 6.45) is 0.713. The van der Waals surface area contributed by atoms with Gasteiger partial charge in [-0.2, -0.15) is 4.98 Å². The smallest absolute Gasteiger partial charge is 0.269 e. The summed E-state index contributed by atoms with van der Waals surface area (Å²) in [6.45, 7) is 4.38. The first-order valence-electron chi connectivity index (χ1n) is 7.90. The summed E-state index contributed by atoms with van der Waals surface area (Å²) in [6, 6.07) is 7.54. The van der Waals surface area contributed by atoms with Gasteiger partial charge >= 0.3 is 0 Å². The molecule has 0 saturated carbocycles. The Balaban J connectivity index is 1.68. The summed E-state index contributed by atoms with van der Waals surface area (Å²) in [5.41, 5.74) is 0.858. The number of aromatic nitrogens is 3. The van der Waals surface area contributed by atoms with Crippen LogP contribution >= 0.6 is 22.9 Å². The van der Waals surface area contributed by atoms with Crippen molar-refractivity contribution in [2.45, 2.75) is 32.9 Å². The number of hydrogen-bond acceptors (Lipinski definition) is 7. The quantitative estimate of drug-likeness (QED) is 0.672. The van der Waals surface area contributed by atoms with E-state index in [-0.39, 0.29) is 6.04 Å². The van der Waals surface area contributed by atoms with Crippen molar-refractivity contribution in [2.75, 3.05) is 7.05 Å². The van der Waals surface area contributed by atoms with Crippen LogP contribution in [0.25, 0.3) is 10.8 Å². The van der Waals surface area contributed by atoms with Gasteiger partial charge in [-0.15, -0.1) is 11.3 Å². The highest BCUT2D eigenvalue weighted by molar-refractivity contribution is 7.15. The van der Waals surface area contributed by atoms with Crippen LogP contribution in [0.5, 0.6) is 5.75 Å². The van der Waals surface area contributed by atoms with E-state index < -0.39 is 0 Å². The Morgan fingerprint density at radius 1 is 1.28 bits per heavy atom. The second kappa shape index (κ2) is 7.95. The van der Waals surface area contributed by atoms with Crippen LogP contribution in [0.3, 0.4) is 0 Å². The summed E-state index contributed by atoms with van der Waals surface area (Å²) >= 11 is 7.37. The van der Waals surface area contributed by atoms with Crippen LogP contribution in [0.15, 0.2) is 28.8 Å². The van der Waals surface area contributed by atoms with E-state index in [1.807, 2.05) is 26.1 Å². The van der Waals surface area contributed by atoms with E-state index in [4.69, 9.17) is 20.9 Å². The molecule has 0 fully saturated rings. The number of likely N-dealkylation sites (N-methyl/N-ethyl adjacent to an activating group) is 1. The van der Waals surface area contributed by atoms with Gasteiger partial charge < -0.3 is 14.6 Å². The van der Waals surface area contributed by atoms with Crippen LogP contribution in [-0.2, 0) is 13.0 Å². The number of hydrogen-bond donors (Lipinski definition) is 1. The van der Waals surface area contributed by atoms with Crippen molar-refractivity contribution >= 4 is 22.9 Å². The predicted molar refractivity (Wildman–Crippen MR) is 98.2 cm³/mol. The van der Waals surface area contributed by atoms with Crippen molar-refractivity contribution in [3.63, 3.8) is 0 Å². The van der Waals surface area contributed by atoms with Crippen LogP contribution in [-0.4, -0.2) is 28.2 Å². The van der Waals surface area contributed by atoms with Gasteiger partial charge in [0.25, 0.3) is 5.89 Å².